The molecule has 0 aromatic heterocycles. The molecule has 10 heteroatoms. The smallest absolute Gasteiger partial charge is 0.347 e. The molecule has 0 bridgehead atoms. The minimum atomic E-state index is -1.05. The highest BCUT2D eigenvalue weighted by atomic mass is 19.1. The Balaban J connectivity index is 1.87. The van der Waals surface area contributed by atoms with Gasteiger partial charge >= 0.3 is 5.97 Å². The fourth-order valence-electron chi connectivity index (χ4n) is 2.02. The third-order valence-electron chi connectivity index (χ3n) is 3.41. The fourth-order valence-corrected chi connectivity index (χ4v) is 2.02. The van der Waals surface area contributed by atoms with Crippen LogP contribution in [0.2, 0.25) is 0 Å². The molecule has 0 heterocycles. The summed E-state index contributed by atoms with van der Waals surface area (Å²) in [6.45, 7) is 0.667. The lowest BCUT2D eigenvalue weighted by Crippen LogP contribution is -2.29. The number of hydrogen-bond acceptors (Lipinski definition) is 7. The fraction of sp³-hybridized carbons (Fsp3) is 0.167. The zero-order chi connectivity index (χ0) is 20.7. The van der Waals surface area contributed by atoms with E-state index in [1.165, 1.54) is 31.2 Å². The van der Waals surface area contributed by atoms with Crippen LogP contribution in [0.5, 0.6) is 5.75 Å². The first-order valence-electron chi connectivity index (χ1n) is 7.87. The van der Waals surface area contributed by atoms with Crippen molar-refractivity contribution in [1.82, 2.24) is 0 Å². The van der Waals surface area contributed by atoms with Crippen molar-refractivity contribution in [2.45, 2.75) is 13.0 Å². The summed E-state index contributed by atoms with van der Waals surface area (Å²) >= 11 is 0. The van der Waals surface area contributed by atoms with E-state index in [2.05, 4.69) is 5.32 Å². The number of esters is 1. The lowest BCUT2D eigenvalue weighted by atomic mass is 10.2. The summed E-state index contributed by atoms with van der Waals surface area (Å²) in [4.78, 5) is 33.7. The summed E-state index contributed by atoms with van der Waals surface area (Å²) in [5.74, 6) is -2.27. The number of anilines is 1. The number of nitrogens with one attached hydrogen (secondary N) is 1. The maximum absolute atomic E-state index is 13.6. The maximum Gasteiger partial charge on any atom is 0.347 e. The third-order valence-corrected chi connectivity index (χ3v) is 3.41. The number of rotatable bonds is 7. The van der Waals surface area contributed by atoms with E-state index < -0.39 is 46.7 Å². The molecule has 0 fully saturated rings. The zero-order valence-corrected chi connectivity index (χ0v) is 14.5. The van der Waals surface area contributed by atoms with Gasteiger partial charge in [-0.2, -0.15) is 5.26 Å². The predicted molar refractivity (Wildman–Crippen MR) is 93.9 cm³/mol. The average molecular weight is 387 g/mol. The molecular weight excluding hydrogens is 373 g/mol. The van der Waals surface area contributed by atoms with E-state index in [1.54, 1.807) is 0 Å². The number of nitrogens with zero attached hydrogens (tertiary/aromatic N) is 2. The SMILES string of the molecule is C[C@H](Oc1ccc(C#N)cc1)C(=O)OCC(=O)Nc1cc([N+](=O)[O-])ccc1F. The van der Waals surface area contributed by atoms with E-state index in [-0.39, 0.29) is 0 Å². The molecule has 0 saturated carbocycles. The number of carbonyl (C=O) groups excluding carboxylic acids is 2. The monoisotopic (exact) mass is 387 g/mol. The number of benzene rings is 2. The number of nitro groups is 1. The highest BCUT2D eigenvalue weighted by Gasteiger charge is 2.19. The molecule has 1 amide bonds. The zero-order valence-electron chi connectivity index (χ0n) is 14.5. The quantitative estimate of drug-likeness (QED) is 0.439. The number of nitriles is 1. The average Bonchev–Trinajstić information content (AvgIpc) is 2.68. The van der Waals surface area contributed by atoms with Crippen LogP contribution < -0.4 is 10.1 Å². The Bertz CT molecular complexity index is 939. The minimum Gasteiger partial charge on any atom is -0.479 e. The summed E-state index contributed by atoms with van der Waals surface area (Å²) in [7, 11) is 0. The molecule has 0 aliphatic heterocycles. The second kappa shape index (κ2) is 9.09. The van der Waals surface area contributed by atoms with E-state index in [0.717, 1.165) is 18.2 Å². The van der Waals surface area contributed by atoms with Crippen LogP contribution >= 0.6 is 0 Å². The van der Waals surface area contributed by atoms with Crippen molar-refractivity contribution < 1.29 is 28.4 Å². The van der Waals surface area contributed by atoms with Gasteiger partial charge in [-0.3, -0.25) is 14.9 Å². The molecule has 2 aromatic carbocycles. The van der Waals surface area contributed by atoms with Crippen LogP contribution in [0.25, 0.3) is 0 Å². The third kappa shape index (κ3) is 5.50. The molecule has 0 radical (unpaired) electrons. The van der Waals surface area contributed by atoms with E-state index >= 15 is 0 Å². The first-order valence-corrected chi connectivity index (χ1v) is 7.87. The number of nitro benzene ring substituents is 1. The Morgan fingerprint density at radius 3 is 2.57 bits per heavy atom. The van der Waals surface area contributed by atoms with Gasteiger partial charge in [-0.1, -0.05) is 0 Å². The van der Waals surface area contributed by atoms with Crippen LogP contribution in [-0.4, -0.2) is 29.5 Å². The number of carbonyl (C=O) groups is 2. The molecule has 1 N–H and O–H groups in total. The van der Waals surface area contributed by atoms with Crippen LogP contribution in [0, 0.1) is 27.3 Å². The van der Waals surface area contributed by atoms with Crippen LogP contribution in [0.1, 0.15) is 12.5 Å². The largest absolute Gasteiger partial charge is 0.479 e. The van der Waals surface area contributed by atoms with Gasteiger partial charge in [0.1, 0.15) is 11.6 Å². The van der Waals surface area contributed by atoms with Gasteiger partial charge in [-0.15, -0.1) is 0 Å². The van der Waals surface area contributed by atoms with E-state index in [4.69, 9.17) is 14.7 Å². The van der Waals surface area contributed by atoms with E-state index in [9.17, 15) is 24.1 Å². The minimum absolute atomic E-state index is 0.326. The second-order valence-corrected chi connectivity index (χ2v) is 5.47. The normalized spacial score (nSPS) is 11.0. The van der Waals surface area contributed by atoms with Gasteiger partial charge in [0, 0.05) is 12.1 Å². The van der Waals surface area contributed by atoms with Crippen LogP contribution in [-0.2, 0) is 14.3 Å². The first-order chi connectivity index (χ1) is 13.3. The van der Waals surface area contributed by atoms with Crippen molar-refractivity contribution in [2.24, 2.45) is 0 Å². The Kier molecular flexibility index (Phi) is 6.59. The van der Waals surface area contributed by atoms with Gasteiger partial charge in [-0.25, -0.2) is 9.18 Å². The number of hydrogen-bond donors (Lipinski definition) is 1. The van der Waals surface area contributed by atoms with E-state index in [0.29, 0.717) is 11.3 Å². The van der Waals surface area contributed by atoms with Crippen molar-refractivity contribution >= 4 is 23.3 Å². The van der Waals surface area contributed by atoms with Gasteiger partial charge in [-0.05, 0) is 37.3 Å². The molecule has 144 valence electrons. The summed E-state index contributed by atoms with van der Waals surface area (Å²) in [5.41, 5.74) is -0.386. The highest BCUT2D eigenvalue weighted by Crippen LogP contribution is 2.21. The van der Waals surface area contributed by atoms with Gasteiger partial charge in [0.2, 0.25) is 0 Å². The number of amides is 1. The lowest BCUT2D eigenvalue weighted by Gasteiger charge is -2.14. The van der Waals surface area contributed by atoms with Crippen molar-refractivity contribution in [3.05, 3.63) is 64.0 Å². The number of ether oxygens (including phenoxy) is 2. The summed E-state index contributed by atoms with van der Waals surface area (Å²) in [6.07, 6.45) is -1.05. The van der Waals surface area contributed by atoms with Crippen LogP contribution in [0.3, 0.4) is 0 Å². The molecule has 28 heavy (non-hydrogen) atoms. The number of non-ortho nitro benzene ring substituents is 1. The molecule has 0 spiro atoms. The topological polar surface area (TPSA) is 132 Å². The molecule has 0 saturated heterocycles. The molecular formula is C18H14FN3O6. The van der Waals surface area contributed by atoms with Gasteiger partial charge in [0.25, 0.3) is 11.6 Å². The molecule has 0 aliphatic carbocycles. The Labute approximate surface area is 158 Å². The molecule has 1 atom stereocenters. The lowest BCUT2D eigenvalue weighted by molar-refractivity contribution is -0.384. The summed E-state index contributed by atoms with van der Waals surface area (Å²) in [6, 6.07) is 10.6. The van der Waals surface area contributed by atoms with Crippen molar-refractivity contribution in [2.75, 3.05) is 11.9 Å². The first kappa shape index (κ1) is 20.3. The van der Waals surface area contributed by atoms with Gasteiger partial charge in [0.15, 0.2) is 12.7 Å². The van der Waals surface area contributed by atoms with Crippen molar-refractivity contribution in [1.29, 1.82) is 5.26 Å². The highest BCUT2D eigenvalue weighted by molar-refractivity contribution is 5.93. The molecule has 2 rings (SSSR count). The second-order valence-electron chi connectivity index (χ2n) is 5.47. The summed E-state index contributed by atoms with van der Waals surface area (Å²) < 4.78 is 23.8. The Morgan fingerprint density at radius 2 is 1.96 bits per heavy atom. The van der Waals surface area contributed by atoms with E-state index in [1.807, 2.05) is 6.07 Å². The van der Waals surface area contributed by atoms with Crippen LogP contribution in [0.4, 0.5) is 15.8 Å². The molecule has 0 aliphatic rings. The molecule has 9 nitrogen and oxygen atoms in total. The summed E-state index contributed by atoms with van der Waals surface area (Å²) in [5, 5.41) is 21.5. The maximum atomic E-state index is 13.6. The van der Waals surface area contributed by atoms with Crippen molar-refractivity contribution in [3.63, 3.8) is 0 Å². The standard InChI is InChI=1S/C18H14FN3O6/c1-11(28-14-5-2-12(9-20)3-6-14)18(24)27-10-17(23)21-16-8-13(22(25)26)4-7-15(16)19/h2-8,11H,10H2,1H3,(H,21,23)/t11-/m0/s1. The molecule has 0 unspecified atom stereocenters. The number of halogens is 1. The van der Waals surface area contributed by atoms with Gasteiger partial charge in [0.05, 0.1) is 22.2 Å². The van der Waals surface area contributed by atoms with Crippen LogP contribution in [0.15, 0.2) is 42.5 Å². The van der Waals surface area contributed by atoms with Gasteiger partial charge < -0.3 is 14.8 Å². The molecule has 2 aromatic rings. The Hall–Kier alpha value is -4.00. The predicted octanol–water partition coefficient (Wildman–Crippen LogP) is 2.55. The Morgan fingerprint density at radius 1 is 1.29 bits per heavy atom. The van der Waals surface area contributed by atoms with Crippen molar-refractivity contribution in [3.8, 4) is 11.8 Å².